The normalized spacial score (nSPS) is 10.5. The van der Waals surface area contributed by atoms with Gasteiger partial charge in [-0.05, 0) is 28.1 Å². The zero-order valence-corrected chi connectivity index (χ0v) is 10.8. The van der Waals surface area contributed by atoms with E-state index in [-0.39, 0.29) is 16.0 Å². The van der Waals surface area contributed by atoms with E-state index < -0.39 is 5.82 Å². The van der Waals surface area contributed by atoms with Gasteiger partial charge < -0.3 is 5.73 Å². The number of nitrogen functional groups attached to an aromatic ring is 1. The molecule has 3 N–H and O–H groups in total. The first-order valence-electron chi connectivity index (χ1n) is 4.53. The Morgan fingerprint density at radius 2 is 2.24 bits per heavy atom. The van der Waals surface area contributed by atoms with Crippen LogP contribution in [0.5, 0.6) is 0 Å². The van der Waals surface area contributed by atoms with E-state index in [1.54, 1.807) is 6.07 Å². The number of hydrogen-bond acceptors (Lipinski definition) is 2. The Morgan fingerprint density at radius 1 is 1.53 bits per heavy atom. The molecule has 0 spiro atoms. The van der Waals surface area contributed by atoms with Gasteiger partial charge >= 0.3 is 0 Å². The molecule has 0 aliphatic heterocycles. The fraction of sp³-hybridized carbons (Fsp3) is 0. The molecule has 4 nitrogen and oxygen atoms in total. The Labute approximate surface area is 110 Å². The Morgan fingerprint density at radius 3 is 2.76 bits per heavy atom. The summed E-state index contributed by atoms with van der Waals surface area (Å²) in [5, 5.41) is 11.6. The number of aromatic nitrogens is 2. The summed E-state index contributed by atoms with van der Waals surface area (Å²) < 4.78 is 15.5. The van der Waals surface area contributed by atoms with E-state index >= 15 is 0 Å². The third-order valence-corrected chi connectivity index (χ3v) is 3.12. The minimum absolute atomic E-state index is 0.133. The molecular weight excluding hydrogens is 310 g/mol. The van der Waals surface area contributed by atoms with Gasteiger partial charge in [0.15, 0.2) is 5.82 Å². The van der Waals surface area contributed by atoms with Crippen molar-refractivity contribution in [3.8, 4) is 5.69 Å². The minimum atomic E-state index is -0.544. The van der Waals surface area contributed by atoms with Gasteiger partial charge in [-0.2, -0.15) is 5.10 Å². The highest BCUT2D eigenvalue weighted by atomic mass is 79.9. The fourth-order valence-corrected chi connectivity index (χ4v) is 2.04. The van der Waals surface area contributed by atoms with Gasteiger partial charge in [-0.1, -0.05) is 11.6 Å². The van der Waals surface area contributed by atoms with Crippen LogP contribution in [0.3, 0.4) is 0 Å². The van der Waals surface area contributed by atoms with Crippen LogP contribution in [-0.2, 0) is 0 Å². The van der Waals surface area contributed by atoms with Crippen LogP contribution in [-0.4, -0.2) is 15.6 Å². The van der Waals surface area contributed by atoms with Crippen LogP contribution < -0.4 is 5.73 Å². The van der Waals surface area contributed by atoms with Gasteiger partial charge in [0, 0.05) is 11.8 Å². The quantitative estimate of drug-likeness (QED) is 0.660. The standard InChI is InChI=1S/C10H7BrClFN4/c11-8-6(10(14)15)1-2-7(9(8)13)17-4-5(12)3-16-17/h1-4H,(H3,14,15). The molecule has 0 atom stereocenters. The predicted octanol–water partition coefficient (Wildman–Crippen LogP) is 2.71. The molecule has 17 heavy (non-hydrogen) atoms. The summed E-state index contributed by atoms with van der Waals surface area (Å²) in [5.74, 6) is -0.752. The highest BCUT2D eigenvalue weighted by Gasteiger charge is 2.14. The number of rotatable bonds is 2. The number of halogens is 3. The zero-order valence-electron chi connectivity index (χ0n) is 8.42. The highest BCUT2D eigenvalue weighted by molar-refractivity contribution is 9.10. The van der Waals surface area contributed by atoms with Gasteiger partial charge in [0.1, 0.15) is 11.5 Å². The van der Waals surface area contributed by atoms with Crippen LogP contribution in [0.25, 0.3) is 5.69 Å². The Hall–Kier alpha value is -1.40. The lowest BCUT2D eigenvalue weighted by molar-refractivity contribution is 0.604. The van der Waals surface area contributed by atoms with E-state index in [9.17, 15) is 4.39 Å². The predicted molar refractivity (Wildman–Crippen MR) is 67.2 cm³/mol. The first-order chi connectivity index (χ1) is 8.00. The van der Waals surface area contributed by atoms with Crippen LogP contribution in [0.2, 0.25) is 5.02 Å². The molecule has 0 radical (unpaired) electrons. The second kappa shape index (κ2) is 4.46. The SMILES string of the molecule is N=C(N)c1ccc(-n2cc(Cl)cn2)c(F)c1Br. The number of nitrogens with one attached hydrogen (secondary N) is 1. The van der Waals surface area contributed by atoms with E-state index in [0.717, 1.165) is 0 Å². The summed E-state index contributed by atoms with van der Waals surface area (Å²) in [6.45, 7) is 0. The second-order valence-electron chi connectivity index (χ2n) is 3.28. The fourth-order valence-electron chi connectivity index (χ4n) is 1.36. The summed E-state index contributed by atoms with van der Waals surface area (Å²) in [5.41, 5.74) is 5.85. The van der Waals surface area contributed by atoms with E-state index in [1.165, 1.54) is 23.1 Å². The lowest BCUT2D eigenvalue weighted by Crippen LogP contribution is -2.13. The topological polar surface area (TPSA) is 67.7 Å². The van der Waals surface area contributed by atoms with Crippen LogP contribution in [0.15, 0.2) is 29.0 Å². The Bertz CT molecular complexity index is 596. The summed E-state index contributed by atoms with van der Waals surface area (Å²) in [4.78, 5) is 0. The summed E-state index contributed by atoms with van der Waals surface area (Å²) in [6, 6.07) is 3.03. The number of benzene rings is 1. The molecule has 1 aromatic carbocycles. The highest BCUT2D eigenvalue weighted by Crippen LogP contribution is 2.26. The molecule has 0 saturated heterocycles. The Balaban J connectivity index is 2.58. The van der Waals surface area contributed by atoms with Crippen molar-refractivity contribution in [2.24, 2.45) is 5.73 Å². The largest absolute Gasteiger partial charge is 0.384 e. The van der Waals surface area contributed by atoms with Crippen molar-refractivity contribution in [3.05, 3.63) is 45.4 Å². The lowest BCUT2D eigenvalue weighted by Gasteiger charge is -2.08. The van der Waals surface area contributed by atoms with Crippen LogP contribution >= 0.6 is 27.5 Å². The summed E-state index contributed by atoms with van der Waals surface area (Å²) in [7, 11) is 0. The number of hydrogen-bond donors (Lipinski definition) is 2. The van der Waals surface area contributed by atoms with Crippen LogP contribution in [0.1, 0.15) is 5.56 Å². The summed E-state index contributed by atoms with van der Waals surface area (Å²) in [6.07, 6.45) is 2.90. The molecule has 88 valence electrons. The maximum Gasteiger partial charge on any atom is 0.163 e. The molecule has 2 aromatic rings. The van der Waals surface area contributed by atoms with Gasteiger partial charge in [0.25, 0.3) is 0 Å². The van der Waals surface area contributed by atoms with E-state index in [1.807, 2.05) is 0 Å². The van der Waals surface area contributed by atoms with Crippen molar-refractivity contribution in [1.82, 2.24) is 9.78 Å². The molecule has 0 unspecified atom stereocenters. The molecule has 1 heterocycles. The monoisotopic (exact) mass is 316 g/mol. The van der Waals surface area contributed by atoms with E-state index in [4.69, 9.17) is 22.7 Å². The van der Waals surface area contributed by atoms with Crippen molar-refractivity contribution >= 4 is 33.4 Å². The van der Waals surface area contributed by atoms with Crippen molar-refractivity contribution < 1.29 is 4.39 Å². The molecule has 1 aromatic heterocycles. The second-order valence-corrected chi connectivity index (χ2v) is 4.51. The lowest BCUT2D eigenvalue weighted by atomic mass is 10.2. The van der Waals surface area contributed by atoms with Gasteiger partial charge in [0.05, 0.1) is 15.7 Å². The maximum absolute atomic E-state index is 14.0. The van der Waals surface area contributed by atoms with E-state index in [2.05, 4.69) is 21.0 Å². The maximum atomic E-state index is 14.0. The first kappa shape index (κ1) is 12.1. The Kier molecular flexibility index (Phi) is 3.17. The first-order valence-corrected chi connectivity index (χ1v) is 5.70. The molecule has 0 aliphatic rings. The van der Waals surface area contributed by atoms with Crippen molar-refractivity contribution in [2.45, 2.75) is 0 Å². The van der Waals surface area contributed by atoms with Gasteiger partial charge in [-0.3, -0.25) is 5.41 Å². The number of nitrogens with zero attached hydrogens (tertiary/aromatic N) is 2. The van der Waals surface area contributed by atoms with Gasteiger partial charge in [-0.15, -0.1) is 0 Å². The molecule has 0 fully saturated rings. The van der Waals surface area contributed by atoms with Crippen molar-refractivity contribution in [2.75, 3.05) is 0 Å². The summed E-state index contributed by atoms with van der Waals surface area (Å²) >= 11 is 8.78. The van der Waals surface area contributed by atoms with Crippen molar-refractivity contribution in [1.29, 1.82) is 5.41 Å². The van der Waals surface area contributed by atoms with Gasteiger partial charge in [0.2, 0.25) is 0 Å². The average Bonchev–Trinajstić information content (AvgIpc) is 2.68. The molecule has 0 saturated carbocycles. The number of amidine groups is 1. The minimum Gasteiger partial charge on any atom is -0.384 e. The zero-order chi connectivity index (χ0) is 12.6. The van der Waals surface area contributed by atoms with Crippen LogP contribution in [0.4, 0.5) is 4.39 Å². The molecular formula is C10H7BrClFN4. The third-order valence-electron chi connectivity index (χ3n) is 2.15. The number of nitrogens with two attached hydrogens (primary N) is 1. The van der Waals surface area contributed by atoms with Crippen molar-refractivity contribution in [3.63, 3.8) is 0 Å². The molecule has 0 aliphatic carbocycles. The average molecular weight is 318 g/mol. The van der Waals surface area contributed by atoms with E-state index in [0.29, 0.717) is 10.6 Å². The van der Waals surface area contributed by atoms with Crippen LogP contribution in [0, 0.1) is 11.2 Å². The molecule has 0 bridgehead atoms. The molecule has 0 amide bonds. The third kappa shape index (κ3) is 2.18. The smallest absolute Gasteiger partial charge is 0.163 e. The molecule has 7 heteroatoms. The van der Waals surface area contributed by atoms with Gasteiger partial charge in [-0.25, -0.2) is 9.07 Å². The molecule has 2 rings (SSSR count).